The van der Waals surface area contributed by atoms with Gasteiger partial charge in [0.05, 0.1) is 10.8 Å². The molecule has 0 N–H and O–H groups in total. The van der Waals surface area contributed by atoms with E-state index in [0.717, 1.165) is 11.4 Å². The van der Waals surface area contributed by atoms with Crippen LogP contribution in [0.3, 0.4) is 0 Å². The van der Waals surface area contributed by atoms with E-state index in [-0.39, 0.29) is 11.9 Å². The Hall–Kier alpha value is -0.140. The van der Waals surface area contributed by atoms with Crippen molar-refractivity contribution < 1.29 is 8.42 Å². The van der Waals surface area contributed by atoms with E-state index in [1.165, 1.54) is 11.3 Å². The predicted molar refractivity (Wildman–Crippen MR) is 74.7 cm³/mol. The number of hydrogen-bond acceptors (Lipinski definition) is 4. The van der Waals surface area contributed by atoms with Gasteiger partial charge in [0.1, 0.15) is 0 Å². The third kappa shape index (κ3) is 2.58. The van der Waals surface area contributed by atoms with Crippen LogP contribution in [0.1, 0.15) is 11.8 Å². The zero-order valence-corrected chi connectivity index (χ0v) is 12.9. The van der Waals surface area contributed by atoms with Crippen molar-refractivity contribution in [2.45, 2.75) is 23.7 Å². The summed E-state index contributed by atoms with van der Waals surface area (Å²) in [6.45, 7) is 3.88. The summed E-state index contributed by atoms with van der Waals surface area (Å²) in [6, 6.07) is 1.90. The summed E-state index contributed by atoms with van der Waals surface area (Å²) >= 11 is 7.18. The zero-order valence-electron chi connectivity index (χ0n) is 10.5. The van der Waals surface area contributed by atoms with Crippen molar-refractivity contribution in [2.24, 2.45) is 0 Å². The molecule has 0 radical (unpaired) electrons. The standard InChI is InChI=1S/C11H17ClN2O2S2/c1-9-8-14(5-4-13(9)2)18(15,16)11-3-6-17-10(11)7-12/h3,6,9H,4-5,7-8H2,1-2H3. The van der Waals surface area contributed by atoms with Gasteiger partial charge in [-0.3, -0.25) is 0 Å². The van der Waals surface area contributed by atoms with Crippen LogP contribution in [0.15, 0.2) is 16.3 Å². The molecule has 2 rings (SSSR count). The molecule has 7 heteroatoms. The van der Waals surface area contributed by atoms with Crippen molar-refractivity contribution in [3.63, 3.8) is 0 Å². The molecule has 1 saturated heterocycles. The van der Waals surface area contributed by atoms with E-state index in [2.05, 4.69) is 4.90 Å². The van der Waals surface area contributed by atoms with Gasteiger partial charge in [0.2, 0.25) is 10.0 Å². The maximum absolute atomic E-state index is 12.5. The molecule has 1 aliphatic rings. The van der Waals surface area contributed by atoms with Gasteiger partial charge in [0.25, 0.3) is 0 Å². The monoisotopic (exact) mass is 308 g/mol. The molecule has 0 aliphatic carbocycles. The van der Waals surface area contributed by atoms with Crippen LogP contribution in [0.25, 0.3) is 0 Å². The van der Waals surface area contributed by atoms with E-state index in [1.54, 1.807) is 15.8 Å². The highest BCUT2D eigenvalue weighted by Gasteiger charge is 2.32. The molecule has 1 unspecified atom stereocenters. The molecule has 0 spiro atoms. The van der Waals surface area contributed by atoms with Crippen LogP contribution in [0.5, 0.6) is 0 Å². The first-order valence-electron chi connectivity index (χ1n) is 5.79. The minimum absolute atomic E-state index is 0.242. The third-order valence-corrected chi connectivity index (χ3v) is 6.79. The van der Waals surface area contributed by atoms with E-state index in [1.807, 2.05) is 14.0 Å². The first-order valence-corrected chi connectivity index (χ1v) is 8.65. The number of piperazine rings is 1. The summed E-state index contributed by atoms with van der Waals surface area (Å²) in [6.07, 6.45) is 0. The van der Waals surface area contributed by atoms with Crippen molar-refractivity contribution in [1.82, 2.24) is 9.21 Å². The van der Waals surface area contributed by atoms with Crippen LogP contribution in [0.4, 0.5) is 0 Å². The minimum atomic E-state index is -3.39. The summed E-state index contributed by atoms with van der Waals surface area (Å²) in [5.41, 5.74) is 0. The normalized spacial score (nSPS) is 23.4. The SMILES string of the molecule is CC1CN(S(=O)(=O)c2ccsc2CCl)CCN1C. The highest BCUT2D eigenvalue weighted by Crippen LogP contribution is 2.27. The van der Waals surface area contributed by atoms with Gasteiger partial charge in [0, 0.05) is 30.6 Å². The molecule has 1 aliphatic heterocycles. The van der Waals surface area contributed by atoms with Crippen LogP contribution >= 0.6 is 22.9 Å². The molecule has 1 aromatic rings. The second-order valence-electron chi connectivity index (χ2n) is 4.53. The van der Waals surface area contributed by atoms with E-state index < -0.39 is 10.0 Å². The fourth-order valence-electron chi connectivity index (χ4n) is 2.03. The smallest absolute Gasteiger partial charge is 0.244 e. The van der Waals surface area contributed by atoms with Gasteiger partial charge in [-0.05, 0) is 25.4 Å². The lowest BCUT2D eigenvalue weighted by Gasteiger charge is -2.36. The van der Waals surface area contributed by atoms with E-state index in [0.29, 0.717) is 18.0 Å². The molecule has 0 bridgehead atoms. The lowest BCUT2D eigenvalue weighted by molar-refractivity contribution is 0.159. The number of likely N-dealkylation sites (N-methyl/N-ethyl adjacent to an activating group) is 1. The Balaban J connectivity index is 2.27. The number of thiophene rings is 1. The summed E-state index contributed by atoms with van der Waals surface area (Å²) in [4.78, 5) is 3.27. The molecule has 102 valence electrons. The van der Waals surface area contributed by atoms with Crippen molar-refractivity contribution in [3.05, 3.63) is 16.3 Å². The molecular formula is C11H17ClN2O2S2. The molecule has 0 aromatic carbocycles. The van der Waals surface area contributed by atoms with Crippen LogP contribution < -0.4 is 0 Å². The summed E-state index contributed by atoms with van der Waals surface area (Å²) in [5.74, 6) is 0.246. The van der Waals surface area contributed by atoms with Crippen LogP contribution in [0.2, 0.25) is 0 Å². The van der Waals surface area contributed by atoms with E-state index in [9.17, 15) is 8.42 Å². The Morgan fingerprint density at radius 1 is 1.50 bits per heavy atom. The summed E-state index contributed by atoms with van der Waals surface area (Å²) in [7, 11) is -1.37. The van der Waals surface area contributed by atoms with Crippen LogP contribution in [-0.2, 0) is 15.9 Å². The Kier molecular flexibility index (Phi) is 4.33. The number of rotatable bonds is 3. The highest BCUT2D eigenvalue weighted by molar-refractivity contribution is 7.89. The van der Waals surface area contributed by atoms with E-state index in [4.69, 9.17) is 11.6 Å². The molecule has 0 amide bonds. The Morgan fingerprint density at radius 3 is 2.83 bits per heavy atom. The molecule has 1 fully saturated rings. The Morgan fingerprint density at radius 2 is 2.22 bits per heavy atom. The van der Waals surface area contributed by atoms with Gasteiger partial charge in [-0.1, -0.05) is 0 Å². The van der Waals surface area contributed by atoms with Gasteiger partial charge >= 0.3 is 0 Å². The van der Waals surface area contributed by atoms with Gasteiger partial charge < -0.3 is 4.90 Å². The third-order valence-electron chi connectivity index (χ3n) is 3.37. The number of sulfonamides is 1. The van der Waals surface area contributed by atoms with Crippen LogP contribution in [-0.4, -0.2) is 50.3 Å². The van der Waals surface area contributed by atoms with Crippen molar-refractivity contribution in [2.75, 3.05) is 26.7 Å². The lowest BCUT2D eigenvalue weighted by atomic mass is 10.2. The van der Waals surface area contributed by atoms with Gasteiger partial charge in [-0.2, -0.15) is 4.31 Å². The second kappa shape index (κ2) is 5.46. The number of nitrogens with zero attached hydrogens (tertiary/aromatic N) is 2. The molecule has 1 atom stereocenters. The first-order chi connectivity index (χ1) is 8.46. The number of halogens is 1. The maximum atomic E-state index is 12.5. The molecular weight excluding hydrogens is 292 g/mol. The Bertz CT molecular complexity index is 515. The number of hydrogen-bond donors (Lipinski definition) is 0. The molecule has 2 heterocycles. The molecule has 18 heavy (non-hydrogen) atoms. The quantitative estimate of drug-likeness (QED) is 0.800. The topological polar surface area (TPSA) is 40.6 Å². The van der Waals surface area contributed by atoms with Crippen molar-refractivity contribution in [3.8, 4) is 0 Å². The van der Waals surface area contributed by atoms with E-state index >= 15 is 0 Å². The predicted octanol–water partition coefficient (Wildman–Crippen LogP) is 1.81. The minimum Gasteiger partial charge on any atom is -0.301 e. The first kappa shape index (κ1) is 14.3. The van der Waals surface area contributed by atoms with Crippen LogP contribution in [0, 0.1) is 0 Å². The Labute approximate surface area is 117 Å². The van der Waals surface area contributed by atoms with Gasteiger partial charge in [-0.15, -0.1) is 22.9 Å². The lowest BCUT2D eigenvalue weighted by Crippen LogP contribution is -2.51. The average Bonchev–Trinajstić information content (AvgIpc) is 2.81. The zero-order chi connectivity index (χ0) is 13.3. The summed E-state index contributed by atoms with van der Waals surface area (Å²) in [5, 5.41) is 1.78. The second-order valence-corrected chi connectivity index (χ2v) is 7.71. The van der Waals surface area contributed by atoms with Crippen molar-refractivity contribution in [1.29, 1.82) is 0 Å². The highest BCUT2D eigenvalue weighted by atomic mass is 35.5. The molecule has 4 nitrogen and oxygen atoms in total. The van der Waals surface area contributed by atoms with Gasteiger partial charge in [0.15, 0.2) is 0 Å². The van der Waals surface area contributed by atoms with Crippen molar-refractivity contribution >= 4 is 33.0 Å². The fraction of sp³-hybridized carbons (Fsp3) is 0.636. The summed E-state index contributed by atoms with van der Waals surface area (Å²) < 4.78 is 26.6. The fourth-order valence-corrected chi connectivity index (χ4v) is 5.21. The maximum Gasteiger partial charge on any atom is 0.244 e. The molecule has 0 saturated carbocycles. The molecule has 1 aromatic heterocycles. The van der Waals surface area contributed by atoms with Gasteiger partial charge in [-0.25, -0.2) is 8.42 Å². The largest absolute Gasteiger partial charge is 0.301 e. The average molecular weight is 309 g/mol. The number of alkyl halides is 1.